The SMILES string of the molecule is CNS(=O)(=O)CCNCc1cc(Cl)c2c(c1)OCCO2. The highest BCUT2D eigenvalue weighted by atomic mass is 35.5. The second-order valence-electron chi connectivity index (χ2n) is 4.30. The number of benzene rings is 1. The van der Waals surface area contributed by atoms with E-state index in [4.69, 9.17) is 21.1 Å². The molecule has 0 aromatic heterocycles. The monoisotopic (exact) mass is 320 g/mol. The summed E-state index contributed by atoms with van der Waals surface area (Å²) in [5, 5.41) is 3.55. The van der Waals surface area contributed by atoms with E-state index in [0.717, 1.165) is 5.56 Å². The first-order chi connectivity index (χ1) is 9.52. The van der Waals surface area contributed by atoms with Crippen LogP contribution in [-0.4, -0.2) is 41.0 Å². The zero-order chi connectivity index (χ0) is 14.6. The summed E-state index contributed by atoms with van der Waals surface area (Å²) in [4.78, 5) is 0. The van der Waals surface area contributed by atoms with Crippen molar-refractivity contribution in [2.45, 2.75) is 6.54 Å². The minimum atomic E-state index is -3.18. The molecule has 2 rings (SSSR count). The molecule has 1 aliphatic heterocycles. The first-order valence-corrected chi connectivity index (χ1v) is 8.25. The molecule has 0 aliphatic carbocycles. The average molecular weight is 321 g/mol. The fraction of sp³-hybridized carbons (Fsp3) is 0.500. The Labute approximate surface area is 123 Å². The molecule has 1 aromatic carbocycles. The fourth-order valence-corrected chi connectivity index (χ4v) is 2.71. The fourth-order valence-electron chi connectivity index (χ4n) is 1.81. The Hall–Kier alpha value is -1.02. The van der Waals surface area contributed by atoms with Gasteiger partial charge >= 0.3 is 0 Å². The lowest BCUT2D eigenvalue weighted by atomic mass is 10.2. The summed E-state index contributed by atoms with van der Waals surface area (Å²) >= 11 is 6.12. The van der Waals surface area contributed by atoms with Gasteiger partial charge in [0.1, 0.15) is 13.2 Å². The number of hydrogen-bond acceptors (Lipinski definition) is 5. The van der Waals surface area contributed by atoms with Gasteiger partial charge < -0.3 is 14.8 Å². The molecule has 20 heavy (non-hydrogen) atoms. The van der Waals surface area contributed by atoms with E-state index in [-0.39, 0.29) is 5.75 Å². The number of sulfonamides is 1. The normalized spacial score (nSPS) is 14.3. The molecule has 1 aliphatic rings. The van der Waals surface area contributed by atoms with Crippen molar-refractivity contribution in [3.63, 3.8) is 0 Å². The van der Waals surface area contributed by atoms with E-state index in [9.17, 15) is 8.42 Å². The van der Waals surface area contributed by atoms with Gasteiger partial charge in [0.15, 0.2) is 11.5 Å². The molecule has 0 saturated carbocycles. The number of rotatable bonds is 6. The van der Waals surface area contributed by atoms with Gasteiger partial charge in [0.05, 0.1) is 10.8 Å². The molecule has 8 heteroatoms. The van der Waals surface area contributed by atoms with Crippen molar-refractivity contribution >= 4 is 21.6 Å². The lowest BCUT2D eigenvalue weighted by molar-refractivity contribution is 0.171. The zero-order valence-corrected chi connectivity index (χ0v) is 12.7. The summed E-state index contributed by atoms with van der Waals surface area (Å²) in [6.07, 6.45) is 0. The third-order valence-electron chi connectivity index (χ3n) is 2.84. The molecule has 2 N–H and O–H groups in total. The highest BCUT2D eigenvalue weighted by molar-refractivity contribution is 7.89. The molecule has 0 spiro atoms. The van der Waals surface area contributed by atoms with Crippen LogP contribution in [-0.2, 0) is 16.6 Å². The average Bonchev–Trinajstić information content (AvgIpc) is 2.44. The van der Waals surface area contributed by atoms with Gasteiger partial charge in [0.2, 0.25) is 10.0 Å². The maximum atomic E-state index is 11.2. The molecule has 0 radical (unpaired) electrons. The minimum Gasteiger partial charge on any atom is -0.486 e. The molecular formula is C12H17ClN2O4S. The summed E-state index contributed by atoms with van der Waals surface area (Å²) in [6.45, 7) is 1.86. The molecule has 1 heterocycles. The molecule has 6 nitrogen and oxygen atoms in total. The van der Waals surface area contributed by atoms with Crippen LogP contribution < -0.4 is 19.5 Å². The molecule has 0 unspecified atom stereocenters. The number of ether oxygens (including phenoxy) is 2. The summed E-state index contributed by atoms with van der Waals surface area (Å²) < 4.78 is 35.7. The van der Waals surface area contributed by atoms with Gasteiger partial charge in [-0.1, -0.05) is 11.6 Å². The van der Waals surface area contributed by atoms with Gasteiger partial charge in [-0.25, -0.2) is 13.1 Å². The molecule has 0 fully saturated rings. The van der Waals surface area contributed by atoms with Crippen LogP contribution in [0.3, 0.4) is 0 Å². The summed E-state index contributed by atoms with van der Waals surface area (Å²) in [5.74, 6) is 1.23. The largest absolute Gasteiger partial charge is 0.486 e. The van der Waals surface area contributed by atoms with Crippen molar-refractivity contribution in [1.82, 2.24) is 10.0 Å². The zero-order valence-electron chi connectivity index (χ0n) is 11.1. The van der Waals surface area contributed by atoms with Gasteiger partial charge in [-0.05, 0) is 24.7 Å². The highest BCUT2D eigenvalue weighted by Gasteiger charge is 2.16. The summed E-state index contributed by atoms with van der Waals surface area (Å²) in [5.41, 5.74) is 0.918. The van der Waals surface area contributed by atoms with Crippen LogP contribution in [0.15, 0.2) is 12.1 Å². The molecule has 0 bridgehead atoms. The summed E-state index contributed by atoms with van der Waals surface area (Å²) in [6, 6.07) is 3.63. The van der Waals surface area contributed by atoms with Crippen LogP contribution >= 0.6 is 11.6 Å². The second-order valence-corrected chi connectivity index (χ2v) is 6.75. The standard InChI is InChI=1S/C12H17ClN2O4S/c1-14-20(16,17)5-2-15-8-9-6-10(13)12-11(7-9)18-3-4-19-12/h6-7,14-15H,2-5,8H2,1H3. The number of halogens is 1. The Morgan fingerprint density at radius 2 is 2.05 bits per heavy atom. The summed E-state index contributed by atoms with van der Waals surface area (Å²) in [7, 11) is -1.78. The highest BCUT2D eigenvalue weighted by Crippen LogP contribution is 2.38. The number of nitrogens with one attached hydrogen (secondary N) is 2. The quantitative estimate of drug-likeness (QED) is 0.756. The van der Waals surface area contributed by atoms with Crippen LogP contribution in [0.5, 0.6) is 11.5 Å². The third kappa shape index (κ3) is 3.99. The topological polar surface area (TPSA) is 76.7 Å². The molecular weight excluding hydrogens is 304 g/mol. The van der Waals surface area contributed by atoms with Crippen molar-refractivity contribution in [3.05, 3.63) is 22.7 Å². The van der Waals surface area contributed by atoms with Crippen molar-refractivity contribution < 1.29 is 17.9 Å². The first-order valence-electron chi connectivity index (χ1n) is 6.22. The van der Waals surface area contributed by atoms with Crippen LogP contribution in [0.4, 0.5) is 0 Å². The Bertz CT molecular complexity index is 577. The molecule has 0 amide bonds. The Morgan fingerprint density at radius 3 is 2.80 bits per heavy atom. The Morgan fingerprint density at radius 1 is 1.30 bits per heavy atom. The number of hydrogen-bond donors (Lipinski definition) is 2. The van der Waals surface area contributed by atoms with Crippen LogP contribution in [0.25, 0.3) is 0 Å². The van der Waals surface area contributed by atoms with E-state index in [1.807, 2.05) is 6.07 Å². The van der Waals surface area contributed by atoms with Crippen molar-refractivity contribution in [1.29, 1.82) is 0 Å². The Kier molecular flexibility index (Phi) is 5.09. The van der Waals surface area contributed by atoms with Crippen molar-refractivity contribution in [2.75, 3.05) is 32.6 Å². The van der Waals surface area contributed by atoms with Gasteiger partial charge in [-0.3, -0.25) is 0 Å². The van der Waals surface area contributed by atoms with Crippen molar-refractivity contribution in [3.8, 4) is 11.5 Å². The van der Waals surface area contributed by atoms with E-state index in [1.165, 1.54) is 7.05 Å². The number of fused-ring (bicyclic) bond motifs is 1. The van der Waals surface area contributed by atoms with E-state index < -0.39 is 10.0 Å². The van der Waals surface area contributed by atoms with Crippen molar-refractivity contribution in [2.24, 2.45) is 0 Å². The lowest BCUT2D eigenvalue weighted by Crippen LogP contribution is -2.29. The van der Waals surface area contributed by atoms with Crippen LogP contribution in [0, 0.1) is 0 Å². The molecule has 0 atom stereocenters. The molecule has 1 aromatic rings. The maximum Gasteiger partial charge on any atom is 0.212 e. The molecule has 0 saturated heterocycles. The van der Waals surface area contributed by atoms with E-state index in [1.54, 1.807) is 6.07 Å². The van der Waals surface area contributed by atoms with E-state index >= 15 is 0 Å². The minimum absolute atomic E-state index is 0.0295. The smallest absolute Gasteiger partial charge is 0.212 e. The Balaban J connectivity index is 1.92. The van der Waals surface area contributed by atoms with Gasteiger partial charge in [-0.15, -0.1) is 0 Å². The first kappa shape index (κ1) is 15.4. The van der Waals surface area contributed by atoms with Gasteiger partial charge in [-0.2, -0.15) is 0 Å². The maximum absolute atomic E-state index is 11.2. The van der Waals surface area contributed by atoms with Crippen LogP contribution in [0.1, 0.15) is 5.56 Å². The predicted octanol–water partition coefficient (Wildman–Crippen LogP) is 0.750. The van der Waals surface area contributed by atoms with Crippen LogP contribution in [0.2, 0.25) is 5.02 Å². The van der Waals surface area contributed by atoms with E-state index in [0.29, 0.717) is 42.8 Å². The second kappa shape index (κ2) is 6.62. The lowest BCUT2D eigenvalue weighted by Gasteiger charge is -2.20. The predicted molar refractivity (Wildman–Crippen MR) is 77.0 cm³/mol. The van der Waals surface area contributed by atoms with Gasteiger partial charge in [0.25, 0.3) is 0 Å². The third-order valence-corrected chi connectivity index (χ3v) is 4.49. The molecule has 112 valence electrons. The van der Waals surface area contributed by atoms with E-state index in [2.05, 4.69) is 10.0 Å². The van der Waals surface area contributed by atoms with Gasteiger partial charge in [0, 0.05) is 13.1 Å².